The predicted octanol–water partition coefficient (Wildman–Crippen LogP) is 1.41. The number of nitrogen functional groups attached to an aromatic ring is 1. The highest BCUT2D eigenvalue weighted by molar-refractivity contribution is 14.1. The van der Waals surface area contributed by atoms with Crippen molar-refractivity contribution in [3.8, 4) is 0 Å². The molecule has 0 fully saturated rings. The number of rotatable bonds is 3. The molecule has 1 heterocycles. The number of amides is 1. The topological polar surface area (TPSA) is 85.8 Å². The van der Waals surface area contributed by atoms with Gasteiger partial charge in [0.05, 0.1) is 0 Å². The number of carbonyl (C=O) groups excluding carboxylic acids is 1. The van der Waals surface area contributed by atoms with Gasteiger partial charge in [-0.05, 0) is 47.2 Å². The van der Waals surface area contributed by atoms with Gasteiger partial charge in [0, 0.05) is 9.26 Å². The number of benzene rings is 1. The quantitative estimate of drug-likeness (QED) is 0.814. The van der Waals surface area contributed by atoms with E-state index >= 15 is 0 Å². The Hall–Kier alpha value is -1.64. The molecule has 0 aliphatic carbocycles. The summed E-state index contributed by atoms with van der Waals surface area (Å²) in [5.74, 6) is -0.00719. The standard InChI is InChI=1S/C11H12IN5O/c1-7-2-3-8(4-9(7)12)15-10(18)5-17-6-14-11(13)16-17/h2-4,6H,5H2,1H3,(H2,13,16)(H,15,18). The minimum Gasteiger partial charge on any atom is -0.367 e. The zero-order valence-electron chi connectivity index (χ0n) is 9.72. The fourth-order valence-corrected chi connectivity index (χ4v) is 1.92. The van der Waals surface area contributed by atoms with Crippen LogP contribution in [0.3, 0.4) is 0 Å². The normalized spacial score (nSPS) is 10.3. The fourth-order valence-electron chi connectivity index (χ4n) is 1.40. The Morgan fingerprint density at radius 2 is 2.33 bits per heavy atom. The summed E-state index contributed by atoms with van der Waals surface area (Å²) in [4.78, 5) is 15.5. The average Bonchev–Trinajstić information content (AvgIpc) is 2.69. The zero-order chi connectivity index (χ0) is 13.1. The Balaban J connectivity index is 2.00. The minimum absolute atomic E-state index is 0.0919. The highest BCUT2D eigenvalue weighted by Gasteiger charge is 2.06. The molecule has 0 aliphatic rings. The Morgan fingerprint density at radius 1 is 1.56 bits per heavy atom. The maximum Gasteiger partial charge on any atom is 0.246 e. The van der Waals surface area contributed by atoms with Crippen molar-refractivity contribution in [2.24, 2.45) is 0 Å². The number of nitrogens with two attached hydrogens (primary N) is 1. The lowest BCUT2D eigenvalue weighted by molar-refractivity contribution is -0.116. The Labute approximate surface area is 118 Å². The van der Waals surface area contributed by atoms with E-state index in [1.165, 1.54) is 16.6 Å². The molecule has 0 radical (unpaired) electrons. The molecule has 0 saturated heterocycles. The first-order chi connectivity index (χ1) is 8.54. The van der Waals surface area contributed by atoms with Gasteiger partial charge in [0.1, 0.15) is 12.9 Å². The molecule has 0 spiro atoms. The van der Waals surface area contributed by atoms with Crippen LogP contribution in [-0.2, 0) is 11.3 Å². The first-order valence-corrected chi connectivity index (χ1v) is 6.33. The van der Waals surface area contributed by atoms with Crippen molar-refractivity contribution in [2.75, 3.05) is 11.1 Å². The lowest BCUT2D eigenvalue weighted by atomic mass is 10.2. The number of nitrogens with one attached hydrogen (secondary N) is 1. The van der Waals surface area contributed by atoms with E-state index in [4.69, 9.17) is 5.73 Å². The summed E-state index contributed by atoms with van der Waals surface area (Å²) in [6.45, 7) is 2.11. The van der Waals surface area contributed by atoms with Crippen molar-refractivity contribution < 1.29 is 4.79 Å². The van der Waals surface area contributed by atoms with Crippen LogP contribution in [0.5, 0.6) is 0 Å². The van der Waals surface area contributed by atoms with Crippen LogP contribution in [0.4, 0.5) is 11.6 Å². The van der Waals surface area contributed by atoms with Gasteiger partial charge in [0.2, 0.25) is 11.9 Å². The third-order valence-corrected chi connectivity index (χ3v) is 3.48. The summed E-state index contributed by atoms with van der Waals surface area (Å²) in [6.07, 6.45) is 1.42. The second kappa shape index (κ2) is 5.34. The number of carbonyl (C=O) groups is 1. The van der Waals surface area contributed by atoms with Crippen molar-refractivity contribution in [3.05, 3.63) is 33.7 Å². The highest BCUT2D eigenvalue weighted by atomic mass is 127. The van der Waals surface area contributed by atoms with E-state index in [2.05, 4.69) is 38.0 Å². The maximum atomic E-state index is 11.7. The minimum atomic E-state index is -0.167. The van der Waals surface area contributed by atoms with Crippen LogP contribution >= 0.6 is 22.6 Å². The van der Waals surface area contributed by atoms with Gasteiger partial charge in [-0.15, -0.1) is 5.10 Å². The van der Waals surface area contributed by atoms with Gasteiger partial charge >= 0.3 is 0 Å². The van der Waals surface area contributed by atoms with Crippen LogP contribution in [0, 0.1) is 10.5 Å². The van der Waals surface area contributed by atoms with Crippen LogP contribution in [-0.4, -0.2) is 20.7 Å². The number of hydrogen-bond acceptors (Lipinski definition) is 4. The van der Waals surface area contributed by atoms with Gasteiger partial charge < -0.3 is 11.1 Å². The lowest BCUT2D eigenvalue weighted by Gasteiger charge is -2.06. The van der Waals surface area contributed by atoms with E-state index in [1.807, 2.05) is 25.1 Å². The van der Waals surface area contributed by atoms with Gasteiger partial charge in [0.15, 0.2) is 0 Å². The van der Waals surface area contributed by atoms with Crippen molar-refractivity contribution >= 4 is 40.1 Å². The molecule has 94 valence electrons. The number of aromatic nitrogens is 3. The Morgan fingerprint density at radius 3 is 2.94 bits per heavy atom. The third kappa shape index (κ3) is 3.19. The second-order valence-corrected chi connectivity index (χ2v) is 4.97. The molecule has 6 nitrogen and oxygen atoms in total. The molecule has 18 heavy (non-hydrogen) atoms. The Bertz CT molecular complexity index is 581. The van der Waals surface area contributed by atoms with Crippen LogP contribution in [0.2, 0.25) is 0 Å². The van der Waals surface area contributed by atoms with E-state index in [-0.39, 0.29) is 18.4 Å². The molecule has 3 N–H and O–H groups in total. The number of nitrogens with zero attached hydrogens (tertiary/aromatic N) is 3. The molecule has 7 heteroatoms. The van der Waals surface area contributed by atoms with Crippen LogP contribution < -0.4 is 11.1 Å². The SMILES string of the molecule is Cc1ccc(NC(=O)Cn2cnc(N)n2)cc1I. The first kappa shape index (κ1) is 12.8. The summed E-state index contributed by atoms with van der Waals surface area (Å²) in [7, 11) is 0. The molecule has 1 aromatic heterocycles. The molecule has 0 bridgehead atoms. The van der Waals surface area contributed by atoms with E-state index in [1.54, 1.807) is 0 Å². The van der Waals surface area contributed by atoms with Gasteiger partial charge in [-0.1, -0.05) is 6.07 Å². The summed E-state index contributed by atoms with van der Waals surface area (Å²) >= 11 is 2.23. The number of aryl methyl sites for hydroxylation is 1. The molecular weight excluding hydrogens is 345 g/mol. The molecule has 0 saturated carbocycles. The van der Waals surface area contributed by atoms with Gasteiger partial charge in [-0.2, -0.15) is 0 Å². The smallest absolute Gasteiger partial charge is 0.246 e. The van der Waals surface area contributed by atoms with Crippen molar-refractivity contribution in [1.29, 1.82) is 0 Å². The van der Waals surface area contributed by atoms with E-state index in [0.29, 0.717) is 0 Å². The van der Waals surface area contributed by atoms with Crippen molar-refractivity contribution in [2.45, 2.75) is 13.5 Å². The number of hydrogen-bond donors (Lipinski definition) is 2. The molecule has 1 aromatic carbocycles. The summed E-state index contributed by atoms with van der Waals surface area (Å²) < 4.78 is 2.50. The second-order valence-electron chi connectivity index (χ2n) is 3.81. The monoisotopic (exact) mass is 357 g/mol. The summed E-state index contributed by atoms with van der Waals surface area (Å²) in [6, 6.07) is 5.75. The zero-order valence-corrected chi connectivity index (χ0v) is 11.9. The highest BCUT2D eigenvalue weighted by Crippen LogP contribution is 2.16. The van der Waals surface area contributed by atoms with Crippen molar-refractivity contribution in [3.63, 3.8) is 0 Å². The summed E-state index contributed by atoms with van der Waals surface area (Å²) in [5.41, 5.74) is 7.31. The van der Waals surface area contributed by atoms with Gasteiger partial charge in [-0.3, -0.25) is 4.79 Å². The van der Waals surface area contributed by atoms with E-state index < -0.39 is 0 Å². The predicted molar refractivity (Wildman–Crippen MR) is 77.0 cm³/mol. The lowest BCUT2D eigenvalue weighted by Crippen LogP contribution is -2.19. The molecule has 2 aromatic rings. The maximum absolute atomic E-state index is 11.7. The molecule has 0 aliphatic heterocycles. The molecule has 1 amide bonds. The van der Waals surface area contributed by atoms with E-state index in [9.17, 15) is 4.79 Å². The van der Waals surface area contributed by atoms with Crippen LogP contribution in [0.1, 0.15) is 5.56 Å². The van der Waals surface area contributed by atoms with Gasteiger partial charge in [-0.25, -0.2) is 9.67 Å². The fraction of sp³-hybridized carbons (Fsp3) is 0.182. The Kier molecular flexibility index (Phi) is 3.80. The molecule has 2 rings (SSSR count). The van der Waals surface area contributed by atoms with Crippen molar-refractivity contribution in [1.82, 2.24) is 14.8 Å². The van der Waals surface area contributed by atoms with Crippen LogP contribution in [0.15, 0.2) is 24.5 Å². The third-order valence-electron chi connectivity index (χ3n) is 2.32. The largest absolute Gasteiger partial charge is 0.367 e. The molecular formula is C11H12IN5O. The summed E-state index contributed by atoms with van der Waals surface area (Å²) in [5, 5.41) is 6.64. The first-order valence-electron chi connectivity index (χ1n) is 5.25. The molecule has 0 atom stereocenters. The van der Waals surface area contributed by atoms with Gasteiger partial charge in [0.25, 0.3) is 0 Å². The number of halogens is 1. The van der Waals surface area contributed by atoms with E-state index in [0.717, 1.165) is 9.26 Å². The molecule has 0 unspecified atom stereocenters. The number of anilines is 2. The van der Waals surface area contributed by atoms with Crippen LogP contribution in [0.25, 0.3) is 0 Å². The average molecular weight is 357 g/mol.